The number of benzene rings is 1. The number of aromatic nitrogens is 3. The molecular formula is C20H20N4O4. The van der Waals surface area contributed by atoms with Gasteiger partial charge in [-0.2, -0.15) is 5.10 Å². The van der Waals surface area contributed by atoms with Crippen LogP contribution < -0.4 is 20.3 Å². The predicted octanol–water partition coefficient (Wildman–Crippen LogP) is 2.27. The van der Waals surface area contributed by atoms with E-state index < -0.39 is 11.5 Å². The molecule has 1 amide bonds. The van der Waals surface area contributed by atoms with Crippen LogP contribution >= 0.6 is 0 Å². The number of anilines is 1. The molecule has 0 saturated heterocycles. The molecule has 28 heavy (non-hydrogen) atoms. The molecule has 2 heterocycles. The van der Waals surface area contributed by atoms with Crippen molar-refractivity contribution in [3.05, 3.63) is 64.6 Å². The second-order valence-electron chi connectivity index (χ2n) is 5.99. The Balaban J connectivity index is 1.88. The van der Waals surface area contributed by atoms with Crippen molar-refractivity contribution < 1.29 is 14.3 Å². The van der Waals surface area contributed by atoms with Gasteiger partial charge in [-0.05, 0) is 43.3 Å². The van der Waals surface area contributed by atoms with Gasteiger partial charge in [-0.1, -0.05) is 6.07 Å². The number of nitrogens with zero attached hydrogens (tertiary/aromatic N) is 3. The van der Waals surface area contributed by atoms with Gasteiger partial charge in [-0.3, -0.25) is 9.59 Å². The number of rotatable bonds is 6. The number of pyridine rings is 1. The summed E-state index contributed by atoms with van der Waals surface area (Å²) < 4.78 is 11.7. The van der Waals surface area contributed by atoms with E-state index >= 15 is 0 Å². The molecule has 8 nitrogen and oxygen atoms in total. The normalized spacial score (nSPS) is 10.4. The number of nitrogens with one attached hydrogen (secondary N) is 1. The molecule has 0 aliphatic heterocycles. The maximum absolute atomic E-state index is 12.3. The predicted molar refractivity (Wildman–Crippen MR) is 105 cm³/mol. The van der Waals surface area contributed by atoms with Crippen molar-refractivity contribution in [1.29, 1.82) is 0 Å². The molecule has 0 saturated carbocycles. The van der Waals surface area contributed by atoms with Crippen LogP contribution in [-0.2, 0) is 11.3 Å². The fourth-order valence-corrected chi connectivity index (χ4v) is 2.65. The Kier molecular flexibility index (Phi) is 5.69. The van der Waals surface area contributed by atoms with Crippen LogP contribution in [0.25, 0.3) is 11.3 Å². The van der Waals surface area contributed by atoms with Crippen LogP contribution in [0.15, 0.2) is 53.3 Å². The third-order valence-electron chi connectivity index (χ3n) is 4.00. The highest BCUT2D eigenvalue weighted by atomic mass is 16.5. The van der Waals surface area contributed by atoms with Gasteiger partial charge in [-0.25, -0.2) is 9.67 Å². The number of aryl methyl sites for hydroxylation is 1. The van der Waals surface area contributed by atoms with E-state index in [9.17, 15) is 9.59 Å². The number of methoxy groups -OCH3 is 2. The highest BCUT2D eigenvalue weighted by Crippen LogP contribution is 2.31. The van der Waals surface area contributed by atoms with E-state index in [2.05, 4.69) is 15.4 Å². The summed E-state index contributed by atoms with van der Waals surface area (Å²) in [7, 11) is 3.10. The lowest BCUT2D eigenvalue weighted by molar-refractivity contribution is -0.117. The summed E-state index contributed by atoms with van der Waals surface area (Å²) in [6.07, 6.45) is 0. The maximum Gasteiger partial charge on any atom is 0.267 e. The van der Waals surface area contributed by atoms with Crippen LogP contribution in [0, 0.1) is 6.92 Å². The van der Waals surface area contributed by atoms with E-state index in [0.29, 0.717) is 28.6 Å². The summed E-state index contributed by atoms with van der Waals surface area (Å²) in [5.74, 6) is 1.22. The van der Waals surface area contributed by atoms with E-state index in [-0.39, 0.29) is 6.54 Å². The zero-order valence-electron chi connectivity index (χ0n) is 15.8. The molecule has 0 spiro atoms. The fraction of sp³-hybridized carbons (Fsp3) is 0.200. The molecule has 8 heteroatoms. The van der Waals surface area contributed by atoms with E-state index in [1.54, 1.807) is 50.6 Å². The van der Waals surface area contributed by atoms with Gasteiger partial charge in [0.15, 0.2) is 0 Å². The van der Waals surface area contributed by atoms with Gasteiger partial charge >= 0.3 is 0 Å². The Bertz CT molecular complexity index is 1060. The van der Waals surface area contributed by atoms with Gasteiger partial charge in [0, 0.05) is 17.3 Å². The number of ether oxygens (including phenoxy) is 2. The Hall–Kier alpha value is -3.68. The van der Waals surface area contributed by atoms with Crippen LogP contribution in [-0.4, -0.2) is 34.9 Å². The Labute approximate surface area is 161 Å². The monoisotopic (exact) mass is 380 g/mol. The maximum atomic E-state index is 12.3. The Morgan fingerprint density at radius 2 is 1.93 bits per heavy atom. The Morgan fingerprint density at radius 1 is 1.11 bits per heavy atom. The summed E-state index contributed by atoms with van der Waals surface area (Å²) in [6, 6.07) is 13.5. The standard InChI is InChI=1S/C20H20N4O4/c1-13-5-4-6-18(21-13)22-19(25)12-24-20(26)10-8-16(23-24)15-11-14(27-2)7-9-17(15)28-3/h4-11H,12H2,1-3H3,(H,21,22,25). The van der Waals surface area contributed by atoms with E-state index in [0.717, 1.165) is 10.4 Å². The van der Waals surface area contributed by atoms with Crippen LogP contribution in [0.5, 0.6) is 11.5 Å². The van der Waals surface area contributed by atoms with E-state index in [1.165, 1.54) is 6.07 Å². The topological polar surface area (TPSA) is 95.3 Å². The minimum atomic E-state index is -0.401. The lowest BCUT2D eigenvalue weighted by Crippen LogP contribution is -2.29. The summed E-state index contributed by atoms with van der Waals surface area (Å²) in [4.78, 5) is 28.7. The molecule has 1 N–H and O–H groups in total. The third kappa shape index (κ3) is 4.35. The van der Waals surface area contributed by atoms with Gasteiger partial charge in [-0.15, -0.1) is 0 Å². The van der Waals surface area contributed by atoms with Crippen LogP contribution in [0.2, 0.25) is 0 Å². The molecule has 144 valence electrons. The minimum Gasteiger partial charge on any atom is -0.497 e. The molecule has 0 unspecified atom stereocenters. The Morgan fingerprint density at radius 3 is 2.64 bits per heavy atom. The lowest BCUT2D eigenvalue weighted by Gasteiger charge is -2.12. The molecule has 0 atom stereocenters. The molecule has 0 fully saturated rings. The lowest BCUT2D eigenvalue weighted by atomic mass is 10.1. The summed E-state index contributed by atoms with van der Waals surface area (Å²) in [5, 5.41) is 6.98. The average molecular weight is 380 g/mol. The van der Waals surface area contributed by atoms with Crippen LogP contribution in [0.3, 0.4) is 0 Å². The first-order valence-electron chi connectivity index (χ1n) is 8.54. The average Bonchev–Trinajstić information content (AvgIpc) is 2.69. The van der Waals surface area contributed by atoms with Crippen LogP contribution in [0.1, 0.15) is 5.69 Å². The number of carbonyl (C=O) groups is 1. The SMILES string of the molecule is COc1ccc(OC)c(-c2ccc(=O)n(CC(=O)Nc3cccc(C)n3)n2)c1. The number of carbonyl (C=O) groups excluding carboxylic acids is 1. The zero-order valence-corrected chi connectivity index (χ0v) is 15.8. The molecule has 2 aromatic heterocycles. The first kappa shape index (κ1) is 19.1. The van der Waals surface area contributed by atoms with Crippen molar-refractivity contribution in [3.63, 3.8) is 0 Å². The molecule has 0 radical (unpaired) electrons. The molecule has 0 aliphatic carbocycles. The summed E-state index contributed by atoms with van der Waals surface area (Å²) in [5.41, 5.74) is 1.52. The van der Waals surface area contributed by atoms with Gasteiger partial charge in [0.05, 0.1) is 19.9 Å². The molecule has 1 aromatic carbocycles. The summed E-state index contributed by atoms with van der Waals surface area (Å²) >= 11 is 0. The first-order valence-corrected chi connectivity index (χ1v) is 8.54. The second kappa shape index (κ2) is 8.34. The van der Waals surface area contributed by atoms with Crippen molar-refractivity contribution in [2.45, 2.75) is 13.5 Å². The highest BCUT2D eigenvalue weighted by Gasteiger charge is 2.13. The number of hydrogen-bond acceptors (Lipinski definition) is 6. The third-order valence-corrected chi connectivity index (χ3v) is 4.00. The molecule has 3 rings (SSSR count). The minimum absolute atomic E-state index is 0.241. The highest BCUT2D eigenvalue weighted by molar-refractivity contribution is 5.89. The van der Waals surface area contributed by atoms with E-state index in [4.69, 9.17) is 9.47 Å². The molecule has 0 bridgehead atoms. The van der Waals surface area contributed by atoms with Crippen molar-refractivity contribution in [3.8, 4) is 22.8 Å². The van der Waals surface area contributed by atoms with E-state index in [1.807, 2.05) is 13.0 Å². The van der Waals surface area contributed by atoms with Crippen molar-refractivity contribution in [1.82, 2.24) is 14.8 Å². The molecular weight excluding hydrogens is 360 g/mol. The number of hydrogen-bond donors (Lipinski definition) is 1. The van der Waals surface area contributed by atoms with Crippen molar-refractivity contribution in [2.75, 3.05) is 19.5 Å². The molecule has 0 aliphatic rings. The van der Waals surface area contributed by atoms with Crippen LogP contribution in [0.4, 0.5) is 5.82 Å². The number of amides is 1. The largest absolute Gasteiger partial charge is 0.497 e. The van der Waals surface area contributed by atoms with Gasteiger partial charge < -0.3 is 14.8 Å². The fourth-order valence-electron chi connectivity index (χ4n) is 2.65. The van der Waals surface area contributed by atoms with Gasteiger partial charge in [0.1, 0.15) is 23.9 Å². The molecule has 3 aromatic rings. The quantitative estimate of drug-likeness (QED) is 0.705. The zero-order chi connectivity index (χ0) is 20.1. The van der Waals surface area contributed by atoms with Gasteiger partial charge in [0.25, 0.3) is 5.56 Å². The van der Waals surface area contributed by atoms with Crippen molar-refractivity contribution >= 4 is 11.7 Å². The van der Waals surface area contributed by atoms with Gasteiger partial charge in [0.2, 0.25) is 5.91 Å². The second-order valence-corrected chi connectivity index (χ2v) is 5.99. The summed E-state index contributed by atoms with van der Waals surface area (Å²) in [6.45, 7) is 1.58. The smallest absolute Gasteiger partial charge is 0.267 e. The van der Waals surface area contributed by atoms with Crippen molar-refractivity contribution in [2.24, 2.45) is 0 Å². The first-order chi connectivity index (χ1) is 13.5.